The van der Waals surface area contributed by atoms with Gasteiger partial charge in [0.1, 0.15) is 0 Å². The molecule has 2 aromatic rings. The molecule has 0 aromatic heterocycles. The van der Waals surface area contributed by atoms with Crippen LogP contribution < -0.4 is 5.32 Å². The Kier molecular flexibility index (Phi) is 5.59. The Balaban J connectivity index is 2.34. The van der Waals surface area contributed by atoms with Gasteiger partial charge in [-0.05, 0) is 48.9 Å². The highest BCUT2D eigenvalue weighted by molar-refractivity contribution is 6.42. The lowest BCUT2D eigenvalue weighted by molar-refractivity contribution is 0.592. The summed E-state index contributed by atoms with van der Waals surface area (Å²) in [4.78, 5) is 0. The van der Waals surface area contributed by atoms with Crippen LogP contribution in [-0.2, 0) is 6.42 Å². The van der Waals surface area contributed by atoms with Crippen molar-refractivity contribution in [1.29, 1.82) is 0 Å². The summed E-state index contributed by atoms with van der Waals surface area (Å²) in [5.41, 5.74) is 1.91. The van der Waals surface area contributed by atoms with Crippen molar-refractivity contribution in [1.82, 2.24) is 5.32 Å². The van der Waals surface area contributed by atoms with Gasteiger partial charge in [0.2, 0.25) is 0 Å². The Labute approximate surface area is 138 Å². The number of hydrogen-bond donors (Lipinski definition) is 1. The highest BCUT2D eigenvalue weighted by Gasteiger charge is 2.16. The number of benzene rings is 2. The number of nitrogens with one attached hydrogen (secondary N) is 1. The van der Waals surface area contributed by atoms with Crippen LogP contribution in [0, 0.1) is 0 Å². The van der Waals surface area contributed by atoms with Crippen LogP contribution in [0.5, 0.6) is 0 Å². The summed E-state index contributed by atoms with van der Waals surface area (Å²) < 4.78 is 0. The molecule has 5 heteroatoms. The van der Waals surface area contributed by atoms with Gasteiger partial charge < -0.3 is 5.32 Å². The van der Waals surface area contributed by atoms with Crippen LogP contribution in [-0.4, -0.2) is 7.05 Å². The highest BCUT2D eigenvalue weighted by atomic mass is 35.5. The summed E-state index contributed by atoms with van der Waals surface area (Å²) >= 11 is 24.6. The van der Waals surface area contributed by atoms with Crippen LogP contribution in [0.2, 0.25) is 20.1 Å². The predicted molar refractivity (Wildman–Crippen MR) is 88.4 cm³/mol. The zero-order valence-electron chi connectivity index (χ0n) is 10.8. The molecule has 0 aliphatic rings. The van der Waals surface area contributed by atoms with E-state index in [4.69, 9.17) is 46.4 Å². The van der Waals surface area contributed by atoms with Crippen molar-refractivity contribution in [3.8, 4) is 0 Å². The van der Waals surface area contributed by atoms with Crippen molar-refractivity contribution in [2.75, 3.05) is 7.05 Å². The molecule has 0 saturated carbocycles. The summed E-state index contributed by atoms with van der Waals surface area (Å²) in [6, 6.07) is 11.1. The highest BCUT2D eigenvalue weighted by Crippen LogP contribution is 2.32. The maximum Gasteiger partial charge on any atom is 0.0624 e. The fourth-order valence-corrected chi connectivity index (χ4v) is 2.90. The van der Waals surface area contributed by atoms with Gasteiger partial charge in [-0.25, -0.2) is 0 Å². The predicted octanol–water partition coefficient (Wildman–Crippen LogP) is 5.80. The summed E-state index contributed by atoms with van der Waals surface area (Å²) in [7, 11) is 1.88. The molecule has 0 heterocycles. The molecule has 0 spiro atoms. The van der Waals surface area contributed by atoms with Crippen molar-refractivity contribution >= 4 is 46.4 Å². The normalized spacial score (nSPS) is 12.4. The van der Waals surface area contributed by atoms with Crippen LogP contribution in [0.25, 0.3) is 0 Å². The first-order valence-electron chi connectivity index (χ1n) is 6.08. The molecule has 1 N–H and O–H groups in total. The van der Waals surface area contributed by atoms with Crippen molar-refractivity contribution in [3.05, 3.63) is 67.6 Å². The van der Waals surface area contributed by atoms with Crippen LogP contribution in [0.15, 0.2) is 36.4 Å². The lowest BCUT2D eigenvalue weighted by Crippen LogP contribution is -2.19. The molecule has 106 valence electrons. The molecule has 1 atom stereocenters. The van der Waals surface area contributed by atoms with Crippen LogP contribution >= 0.6 is 46.4 Å². The van der Waals surface area contributed by atoms with Gasteiger partial charge in [-0.15, -0.1) is 0 Å². The topological polar surface area (TPSA) is 12.0 Å². The molecule has 20 heavy (non-hydrogen) atoms. The van der Waals surface area contributed by atoms with Crippen LogP contribution in [0.1, 0.15) is 17.2 Å². The first kappa shape index (κ1) is 15.9. The minimum absolute atomic E-state index is 0.0113. The molecule has 0 radical (unpaired) electrons. The van der Waals surface area contributed by atoms with E-state index in [0.29, 0.717) is 26.5 Å². The van der Waals surface area contributed by atoms with Crippen LogP contribution in [0.3, 0.4) is 0 Å². The largest absolute Gasteiger partial charge is 0.313 e. The van der Waals surface area contributed by atoms with Crippen LogP contribution in [0.4, 0.5) is 0 Å². The van der Waals surface area contributed by atoms with Crippen molar-refractivity contribution in [2.45, 2.75) is 12.5 Å². The third kappa shape index (κ3) is 3.60. The Morgan fingerprint density at radius 2 is 1.75 bits per heavy atom. The molecule has 2 aromatic carbocycles. The fraction of sp³-hybridized carbons (Fsp3) is 0.200. The average molecular weight is 349 g/mol. The molecule has 0 aliphatic carbocycles. The fourth-order valence-electron chi connectivity index (χ4n) is 2.08. The molecule has 0 saturated heterocycles. The lowest BCUT2D eigenvalue weighted by atomic mass is 9.99. The van der Waals surface area contributed by atoms with Crippen molar-refractivity contribution < 1.29 is 0 Å². The summed E-state index contributed by atoms with van der Waals surface area (Å²) in [5.74, 6) is 0. The Morgan fingerprint density at radius 3 is 2.45 bits per heavy atom. The zero-order chi connectivity index (χ0) is 14.7. The van der Waals surface area contributed by atoms with Crippen molar-refractivity contribution in [2.24, 2.45) is 0 Å². The van der Waals surface area contributed by atoms with E-state index in [0.717, 1.165) is 11.1 Å². The quantitative estimate of drug-likeness (QED) is 0.735. The van der Waals surface area contributed by atoms with E-state index in [1.807, 2.05) is 25.2 Å². The smallest absolute Gasteiger partial charge is 0.0624 e. The van der Waals surface area contributed by atoms with E-state index in [-0.39, 0.29) is 6.04 Å². The number of rotatable bonds is 4. The molecule has 1 nitrogen and oxygen atoms in total. The second-order valence-corrected chi connectivity index (χ2v) is 6.05. The van der Waals surface area contributed by atoms with Gasteiger partial charge in [0.15, 0.2) is 0 Å². The Bertz CT molecular complexity index is 613. The molecule has 1 unspecified atom stereocenters. The molecule has 0 bridgehead atoms. The van der Waals surface area contributed by atoms with E-state index in [9.17, 15) is 0 Å². The molecule has 0 aliphatic heterocycles. The van der Waals surface area contributed by atoms with Gasteiger partial charge in [0, 0.05) is 16.1 Å². The minimum Gasteiger partial charge on any atom is -0.313 e. The maximum atomic E-state index is 6.25. The summed E-state index contributed by atoms with van der Waals surface area (Å²) in [6.07, 6.45) is 0.677. The second kappa shape index (κ2) is 7.02. The van der Waals surface area contributed by atoms with Crippen molar-refractivity contribution in [3.63, 3.8) is 0 Å². The third-order valence-corrected chi connectivity index (χ3v) is 4.57. The van der Waals surface area contributed by atoms with E-state index in [1.165, 1.54) is 0 Å². The SMILES string of the molecule is CNC(Cc1cccc(Cl)c1Cl)c1cc(Cl)ccc1Cl. The Hall–Kier alpha value is -0.440. The van der Waals surface area contributed by atoms with Gasteiger partial charge in [-0.2, -0.15) is 0 Å². The standard InChI is InChI=1S/C15H13Cl4N/c1-20-14(11-8-10(16)5-6-12(11)17)7-9-3-2-4-13(18)15(9)19/h2-6,8,14,20H,7H2,1H3. The zero-order valence-corrected chi connectivity index (χ0v) is 13.8. The summed E-state index contributed by atoms with van der Waals surface area (Å²) in [5, 5.41) is 5.69. The number of halogens is 4. The van der Waals surface area contributed by atoms with Gasteiger partial charge in [-0.1, -0.05) is 58.5 Å². The minimum atomic E-state index is 0.0113. The second-order valence-electron chi connectivity index (χ2n) is 4.42. The third-order valence-electron chi connectivity index (χ3n) is 3.14. The summed E-state index contributed by atoms with van der Waals surface area (Å²) in [6.45, 7) is 0. The lowest BCUT2D eigenvalue weighted by Gasteiger charge is -2.19. The van der Waals surface area contributed by atoms with Gasteiger partial charge in [0.25, 0.3) is 0 Å². The van der Waals surface area contributed by atoms with Gasteiger partial charge >= 0.3 is 0 Å². The van der Waals surface area contributed by atoms with E-state index >= 15 is 0 Å². The average Bonchev–Trinajstić information content (AvgIpc) is 2.43. The van der Waals surface area contributed by atoms with E-state index in [2.05, 4.69) is 5.32 Å². The van der Waals surface area contributed by atoms with Gasteiger partial charge in [0.05, 0.1) is 10.0 Å². The first-order chi connectivity index (χ1) is 9.52. The van der Waals surface area contributed by atoms with Gasteiger partial charge in [-0.3, -0.25) is 0 Å². The molecule has 0 fully saturated rings. The first-order valence-corrected chi connectivity index (χ1v) is 7.59. The molecule has 0 amide bonds. The van der Waals surface area contributed by atoms with E-state index in [1.54, 1.807) is 18.2 Å². The molecule has 2 rings (SSSR count). The van der Waals surface area contributed by atoms with E-state index < -0.39 is 0 Å². The number of likely N-dealkylation sites (N-methyl/N-ethyl adjacent to an activating group) is 1. The molecular weight excluding hydrogens is 336 g/mol. The Morgan fingerprint density at radius 1 is 1.00 bits per heavy atom. The molecular formula is C15H13Cl4N. The number of hydrogen-bond acceptors (Lipinski definition) is 1. The maximum absolute atomic E-state index is 6.25. The monoisotopic (exact) mass is 347 g/mol.